The van der Waals surface area contributed by atoms with Crippen LogP contribution in [-0.2, 0) is 14.4 Å². The number of piperidine rings is 1. The van der Waals surface area contributed by atoms with Crippen molar-refractivity contribution in [3.05, 3.63) is 11.6 Å². The molecule has 0 aromatic heterocycles. The third-order valence-corrected chi connectivity index (χ3v) is 6.88. The zero-order chi connectivity index (χ0) is 26.2. The van der Waals surface area contributed by atoms with E-state index in [4.69, 9.17) is 0 Å². The minimum absolute atomic E-state index is 0.0202. The molecule has 1 fully saturated rings. The summed E-state index contributed by atoms with van der Waals surface area (Å²) in [5.74, 6) is -0.129. The van der Waals surface area contributed by atoms with Crippen molar-refractivity contribution in [3.8, 4) is 0 Å². The first-order chi connectivity index (χ1) is 15.8. The van der Waals surface area contributed by atoms with Gasteiger partial charge in [-0.1, -0.05) is 47.1 Å². The van der Waals surface area contributed by atoms with Crippen molar-refractivity contribution < 1.29 is 14.4 Å². The van der Waals surface area contributed by atoms with Crippen molar-refractivity contribution >= 4 is 17.7 Å². The Balaban J connectivity index is 3.08. The quantitative estimate of drug-likeness (QED) is 0.460. The Bertz CT molecular complexity index is 717. The van der Waals surface area contributed by atoms with Gasteiger partial charge in [0, 0.05) is 32.3 Å². The van der Waals surface area contributed by atoms with Crippen molar-refractivity contribution in [1.29, 1.82) is 0 Å². The molecule has 7 nitrogen and oxygen atoms in total. The molecule has 0 aliphatic carbocycles. The first-order valence-corrected chi connectivity index (χ1v) is 13.1. The van der Waals surface area contributed by atoms with Gasteiger partial charge in [0.2, 0.25) is 17.7 Å². The number of carbonyl (C=O) groups excluding carboxylic acids is 3. The number of likely N-dealkylation sites (N-methyl/N-ethyl adjacent to an activating group) is 2. The second kappa shape index (κ2) is 13.9. The number of carbonyl (C=O) groups is 3. The summed E-state index contributed by atoms with van der Waals surface area (Å²) in [5, 5.41) is 3.09. The van der Waals surface area contributed by atoms with Crippen LogP contribution in [-0.4, -0.2) is 83.8 Å². The number of nitrogens with zero attached hydrogens (tertiary/aromatic N) is 3. The van der Waals surface area contributed by atoms with Gasteiger partial charge >= 0.3 is 0 Å². The average Bonchev–Trinajstić information content (AvgIpc) is 2.78. The summed E-state index contributed by atoms with van der Waals surface area (Å²) in [6.07, 6.45) is 5.75. The predicted molar refractivity (Wildman–Crippen MR) is 139 cm³/mol. The van der Waals surface area contributed by atoms with Gasteiger partial charge in [-0.3, -0.25) is 19.3 Å². The Hall–Kier alpha value is -1.89. The van der Waals surface area contributed by atoms with Crippen LogP contribution in [0.3, 0.4) is 0 Å². The van der Waals surface area contributed by atoms with Crippen LogP contribution >= 0.6 is 0 Å². The second-order valence-electron chi connectivity index (χ2n) is 10.8. The van der Waals surface area contributed by atoms with Crippen LogP contribution in [0.25, 0.3) is 0 Å². The molecule has 0 spiro atoms. The molecule has 0 aromatic rings. The minimum atomic E-state index is -0.609. The molecule has 1 aliphatic heterocycles. The highest BCUT2D eigenvalue weighted by Crippen LogP contribution is 2.21. The van der Waals surface area contributed by atoms with Crippen molar-refractivity contribution in [3.63, 3.8) is 0 Å². The van der Waals surface area contributed by atoms with Gasteiger partial charge in [0.05, 0.1) is 12.1 Å². The highest BCUT2D eigenvalue weighted by Gasteiger charge is 2.36. The molecule has 3 amide bonds. The number of likely N-dealkylation sites (tertiary alicyclic amines) is 1. The monoisotopic (exact) mass is 478 g/mol. The molecule has 3 atom stereocenters. The molecule has 34 heavy (non-hydrogen) atoms. The smallest absolute Gasteiger partial charge is 0.248 e. The maximum Gasteiger partial charge on any atom is 0.248 e. The van der Waals surface area contributed by atoms with Crippen LogP contribution in [0.1, 0.15) is 81.1 Å². The van der Waals surface area contributed by atoms with Crippen LogP contribution in [0.2, 0.25) is 0 Å². The van der Waals surface area contributed by atoms with E-state index in [1.165, 1.54) is 0 Å². The van der Waals surface area contributed by atoms with Crippen LogP contribution in [0, 0.1) is 11.8 Å². The summed E-state index contributed by atoms with van der Waals surface area (Å²) in [7, 11) is 3.58. The molecular weight excluding hydrogens is 428 g/mol. The molecule has 1 rings (SSSR count). The largest absolute Gasteiger partial charge is 0.343 e. The van der Waals surface area contributed by atoms with Crippen LogP contribution in [0.15, 0.2) is 11.6 Å². The molecule has 1 saturated heterocycles. The fourth-order valence-corrected chi connectivity index (χ4v) is 4.80. The molecule has 1 unspecified atom stereocenters. The minimum Gasteiger partial charge on any atom is -0.343 e. The summed E-state index contributed by atoms with van der Waals surface area (Å²) in [4.78, 5) is 45.3. The molecule has 0 radical (unpaired) electrons. The standard InChI is InChI=1S/C27H50N4O3/c1-11-15-29(9)26(33)21(8)17-23(18(2)3)30(10)27(34)24(19(4)5)28-25(32)22-14-12-13-16-31(22)20(6)7/h17-20,22-24H,11-16H2,1-10H3,(H,28,32)/b21-17+/t22?,23-,24+/m1/s1. The Morgan fingerprint density at radius 1 is 1.03 bits per heavy atom. The number of nitrogens with one attached hydrogen (secondary N) is 1. The topological polar surface area (TPSA) is 73.0 Å². The van der Waals surface area contributed by atoms with Crippen molar-refractivity contribution in [2.75, 3.05) is 27.2 Å². The maximum absolute atomic E-state index is 13.6. The van der Waals surface area contributed by atoms with Gasteiger partial charge in [0.25, 0.3) is 0 Å². The van der Waals surface area contributed by atoms with Gasteiger partial charge in [0.15, 0.2) is 0 Å². The molecule has 196 valence electrons. The number of rotatable bonds is 11. The zero-order valence-electron chi connectivity index (χ0n) is 23.4. The molecule has 1 N–H and O–H groups in total. The van der Waals surface area contributed by atoms with Crippen LogP contribution < -0.4 is 5.32 Å². The lowest BCUT2D eigenvalue weighted by Gasteiger charge is -2.39. The van der Waals surface area contributed by atoms with Gasteiger partial charge in [-0.15, -0.1) is 0 Å². The van der Waals surface area contributed by atoms with E-state index < -0.39 is 6.04 Å². The maximum atomic E-state index is 13.6. The first-order valence-electron chi connectivity index (χ1n) is 13.1. The van der Waals surface area contributed by atoms with Crippen molar-refractivity contribution in [1.82, 2.24) is 20.0 Å². The molecule has 0 aromatic carbocycles. The number of hydrogen-bond donors (Lipinski definition) is 1. The molecule has 1 heterocycles. The summed E-state index contributed by atoms with van der Waals surface area (Å²) >= 11 is 0. The van der Waals surface area contributed by atoms with E-state index in [1.54, 1.807) is 23.9 Å². The fraction of sp³-hybridized carbons (Fsp3) is 0.815. The van der Waals surface area contributed by atoms with E-state index in [2.05, 4.69) is 24.1 Å². The molecular formula is C27H50N4O3. The van der Waals surface area contributed by atoms with Crippen molar-refractivity contribution in [2.24, 2.45) is 11.8 Å². The Morgan fingerprint density at radius 3 is 2.15 bits per heavy atom. The van der Waals surface area contributed by atoms with Gasteiger partial charge in [-0.2, -0.15) is 0 Å². The Morgan fingerprint density at radius 2 is 1.65 bits per heavy atom. The number of hydrogen-bond acceptors (Lipinski definition) is 4. The van der Waals surface area contributed by atoms with E-state index in [-0.39, 0.29) is 47.7 Å². The summed E-state index contributed by atoms with van der Waals surface area (Å²) < 4.78 is 0. The molecule has 7 heteroatoms. The third kappa shape index (κ3) is 8.10. The SMILES string of the molecule is CCCN(C)C(=O)/C(C)=C/[C@H](C(C)C)N(C)C(=O)[C@@H](NC(=O)C1CCCCN1C(C)C)C(C)C. The average molecular weight is 479 g/mol. The molecule has 0 bridgehead atoms. The van der Waals surface area contributed by atoms with Gasteiger partial charge in [0.1, 0.15) is 6.04 Å². The van der Waals surface area contributed by atoms with E-state index in [0.717, 1.165) is 32.2 Å². The molecule has 0 saturated carbocycles. The summed E-state index contributed by atoms with van der Waals surface area (Å²) in [6, 6.07) is -0.759. The zero-order valence-corrected chi connectivity index (χ0v) is 23.4. The highest BCUT2D eigenvalue weighted by atomic mass is 16.2. The Kier molecular flexibility index (Phi) is 12.3. The predicted octanol–water partition coefficient (Wildman–Crippen LogP) is 3.69. The van der Waals surface area contributed by atoms with Gasteiger partial charge < -0.3 is 15.1 Å². The van der Waals surface area contributed by atoms with Crippen LogP contribution in [0.5, 0.6) is 0 Å². The third-order valence-electron chi connectivity index (χ3n) is 6.88. The summed E-state index contributed by atoms with van der Waals surface area (Å²) in [6.45, 7) is 17.7. The fourth-order valence-electron chi connectivity index (χ4n) is 4.80. The Labute approximate surface area is 208 Å². The van der Waals surface area contributed by atoms with Crippen molar-refractivity contribution in [2.45, 2.75) is 105 Å². The van der Waals surface area contributed by atoms with E-state index in [9.17, 15) is 14.4 Å². The normalized spacial score (nSPS) is 19.3. The second-order valence-corrected chi connectivity index (χ2v) is 10.8. The van der Waals surface area contributed by atoms with E-state index in [0.29, 0.717) is 12.1 Å². The number of amides is 3. The van der Waals surface area contributed by atoms with Gasteiger partial charge in [-0.25, -0.2) is 0 Å². The highest BCUT2D eigenvalue weighted by molar-refractivity contribution is 5.93. The lowest BCUT2D eigenvalue weighted by atomic mass is 9.95. The van der Waals surface area contributed by atoms with Gasteiger partial charge in [-0.05, 0) is 58.4 Å². The molecule has 1 aliphatic rings. The lowest BCUT2D eigenvalue weighted by molar-refractivity contribution is -0.140. The van der Waals surface area contributed by atoms with E-state index in [1.807, 2.05) is 47.6 Å². The van der Waals surface area contributed by atoms with Crippen LogP contribution in [0.4, 0.5) is 0 Å². The van der Waals surface area contributed by atoms with E-state index >= 15 is 0 Å². The first kappa shape index (κ1) is 30.1. The summed E-state index contributed by atoms with van der Waals surface area (Å²) in [5.41, 5.74) is 0.634. The lowest BCUT2D eigenvalue weighted by Crippen LogP contribution is -2.58.